The van der Waals surface area contributed by atoms with E-state index in [0.717, 1.165) is 10.8 Å². The second kappa shape index (κ2) is 8.99. The molecule has 2 aromatic carbocycles. The monoisotopic (exact) mass is 424 g/mol. The number of hydrogen-bond donors (Lipinski definition) is 3. The highest BCUT2D eigenvalue weighted by Gasteiger charge is 2.17. The van der Waals surface area contributed by atoms with Crippen molar-refractivity contribution >= 4 is 23.2 Å². The van der Waals surface area contributed by atoms with Gasteiger partial charge in [-0.1, -0.05) is 6.07 Å². The van der Waals surface area contributed by atoms with Crippen molar-refractivity contribution in [2.75, 3.05) is 24.9 Å². The number of methoxy groups -OCH3 is 2. The van der Waals surface area contributed by atoms with Gasteiger partial charge in [-0.05, 0) is 30.3 Å². The maximum atomic E-state index is 12.9. The number of anilines is 2. The second-order valence-electron chi connectivity index (χ2n) is 6.40. The average Bonchev–Trinajstić information content (AvgIpc) is 2.73. The van der Waals surface area contributed by atoms with Crippen LogP contribution in [0, 0.1) is 0 Å². The number of ether oxygens (including phenoxy) is 2. The molecule has 0 fully saturated rings. The standard InChI is InChI=1S/C21H20N4O6/c1-12(26)23-13-5-4-6-14(9-13)24-19(27)16-11-22-21(29)25(20(16)28)15-7-8-17(30-2)18(10-15)31-3/h4-11H,1-3H3,(H,22,29)(H,23,26)(H,24,27). The number of aromatic amines is 1. The first kappa shape index (κ1) is 21.4. The molecule has 1 heterocycles. The topological polar surface area (TPSA) is 132 Å². The van der Waals surface area contributed by atoms with Crippen molar-refractivity contribution in [1.82, 2.24) is 9.55 Å². The van der Waals surface area contributed by atoms with Gasteiger partial charge in [-0.15, -0.1) is 0 Å². The van der Waals surface area contributed by atoms with Crippen molar-refractivity contribution in [2.45, 2.75) is 6.92 Å². The lowest BCUT2D eigenvalue weighted by atomic mass is 10.2. The summed E-state index contributed by atoms with van der Waals surface area (Å²) in [6.45, 7) is 1.36. The van der Waals surface area contributed by atoms with E-state index in [4.69, 9.17) is 9.47 Å². The van der Waals surface area contributed by atoms with Crippen molar-refractivity contribution in [2.24, 2.45) is 0 Å². The molecule has 3 rings (SSSR count). The van der Waals surface area contributed by atoms with Crippen molar-refractivity contribution in [3.63, 3.8) is 0 Å². The predicted molar refractivity (Wildman–Crippen MR) is 114 cm³/mol. The Morgan fingerprint density at radius 2 is 1.61 bits per heavy atom. The van der Waals surface area contributed by atoms with Crippen LogP contribution in [0.15, 0.2) is 58.3 Å². The minimum atomic E-state index is -0.813. The molecule has 0 atom stereocenters. The third kappa shape index (κ3) is 4.64. The SMILES string of the molecule is COc1ccc(-n2c(=O)[nH]cc(C(=O)Nc3cccc(NC(C)=O)c3)c2=O)cc1OC. The summed E-state index contributed by atoms with van der Waals surface area (Å²) in [6, 6.07) is 10.9. The van der Waals surface area contributed by atoms with Gasteiger partial charge in [0.2, 0.25) is 5.91 Å². The lowest BCUT2D eigenvalue weighted by Crippen LogP contribution is -2.38. The molecule has 1 aromatic heterocycles. The molecule has 0 spiro atoms. The van der Waals surface area contributed by atoms with Crippen molar-refractivity contribution in [1.29, 1.82) is 0 Å². The Kier molecular flexibility index (Phi) is 6.20. The number of H-pyrrole nitrogens is 1. The summed E-state index contributed by atoms with van der Waals surface area (Å²) in [7, 11) is 2.88. The van der Waals surface area contributed by atoms with Crippen LogP contribution in [-0.4, -0.2) is 35.6 Å². The zero-order chi connectivity index (χ0) is 22.5. The van der Waals surface area contributed by atoms with Gasteiger partial charge in [0.1, 0.15) is 5.56 Å². The first-order valence-electron chi connectivity index (χ1n) is 9.10. The predicted octanol–water partition coefficient (Wildman–Crippen LogP) is 1.75. The summed E-state index contributed by atoms with van der Waals surface area (Å²) in [5.74, 6) is -0.253. The molecule has 0 bridgehead atoms. The largest absolute Gasteiger partial charge is 0.493 e. The van der Waals surface area contributed by atoms with E-state index in [2.05, 4.69) is 15.6 Å². The molecule has 0 saturated heterocycles. The van der Waals surface area contributed by atoms with Crippen LogP contribution in [0.5, 0.6) is 11.5 Å². The Bertz CT molecular complexity index is 1260. The van der Waals surface area contributed by atoms with Gasteiger partial charge in [-0.2, -0.15) is 0 Å². The second-order valence-corrected chi connectivity index (χ2v) is 6.40. The molecule has 3 N–H and O–H groups in total. The van der Waals surface area contributed by atoms with Crippen LogP contribution in [0.25, 0.3) is 5.69 Å². The molecule has 0 aliphatic carbocycles. The summed E-state index contributed by atoms with van der Waals surface area (Å²) in [5, 5.41) is 5.18. The number of rotatable bonds is 6. The number of amides is 2. The number of carbonyl (C=O) groups excluding carboxylic acids is 2. The van der Waals surface area contributed by atoms with Crippen molar-refractivity contribution in [3.05, 3.63) is 75.1 Å². The number of aromatic nitrogens is 2. The lowest BCUT2D eigenvalue weighted by Gasteiger charge is -2.12. The average molecular weight is 424 g/mol. The van der Waals surface area contributed by atoms with Crippen LogP contribution in [0.3, 0.4) is 0 Å². The van der Waals surface area contributed by atoms with E-state index in [0.29, 0.717) is 22.9 Å². The van der Waals surface area contributed by atoms with E-state index in [9.17, 15) is 19.2 Å². The van der Waals surface area contributed by atoms with Gasteiger partial charge in [0.25, 0.3) is 11.5 Å². The highest BCUT2D eigenvalue weighted by atomic mass is 16.5. The first-order valence-corrected chi connectivity index (χ1v) is 9.10. The van der Waals surface area contributed by atoms with E-state index >= 15 is 0 Å². The summed E-state index contributed by atoms with van der Waals surface area (Å²) >= 11 is 0. The Morgan fingerprint density at radius 1 is 0.935 bits per heavy atom. The summed E-state index contributed by atoms with van der Waals surface area (Å²) in [5.41, 5.74) is -0.771. The third-order valence-corrected chi connectivity index (χ3v) is 4.29. The minimum absolute atomic E-state index is 0.200. The van der Waals surface area contributed by atoms with Crippen LogP contribution in [-0.2, 0) is 4.79 Å². The first-order chi connectivity index (χ1) is 14.8. The lowest BCUT2D eigenvalue weighted by molar-refractivity contribution is -0.114. The van der Waals surface area contributed by atoms with Crippen LogP contribution in [0.1, 0.15) is 17.3 Å². The highest BCUT2D eigenvalue weighted by Crippen LogP contribution is 2.28. The number of hydrogen-bond acceptors (Lipinski definition) is 6. The Balaban J connectivity index is 1.97. The fourth-order valence-electron chi connectivity index (χ4n) is 2.91. The molecule has 31 heavy (non-hydrogen) atoms. The molecule has 10 heteroatoms. The van der Waals surface area contributed by atoms with Crippen LogP contribution in [0.4, 0.5) is 11.4 Å². The highest BCUT2D eigenvalue weighted by molar-refractivity contribution is 6.04. The molecule has 0 aliphatic heterocycles. The molecule has 2 amide bonds. The molecule has 3 aromatic rings. The molecular weight excluding hydrogens is 404 g/mol. The smallest absolute Gasteiger partial charge is 0.333 e. The van der Waals surface area contributed by atoms with Gasteiger partial charge in [-0.25, -0.2) is 9.36 Å². The molecular formula is C21H20N4O6. The van der Waals surface area contributed by atoms with Gasteiger partial charge in [0.15, 0.2) is 11.5 Å². The van der Waals surface area contributed by atoms with E-state index in [1.165, 1.54) is 39.3 Å². The fourth-order valence-corrected chi connectivity index (χ4v) is 2.91. The quantitative estimate of drug-likeness (QED) is 0.553. The van der Waals surface area contributed by atoms with Gasteiger partial charge in [-0.3, -0.25) is 14.4 Å². The molecule has 0 saturated carbocycles. The molecule has 160 valence electrons. The normalized spacial score (nSPS) is 10.3. The van der Waals surface area contributed by atoms with Gasteiger partial charge in [0, 0.05) is 30.6 Å². The van der Waals surface area contributed by atoms with E-state index in [1.54, 1.807) is 24.3 Å². The number of nitrogens with one attached hydrogen (secondary N) is 3. The molecule has 0 radical (unpaired) electrons. The zero-order valence-corrected chi connectivity index (χ0v) is 17.0. The van der Waals surface area contributed by atoms with Crippen molar-refractivity contribution < 1.29 is 19.1 Å². The third-order valence-electron chi connectivity index (χ3n) is 4.29. The molecule has 10 nitrogen and oxygen atoms in total. The van der Waals surface area contributed by atoms with Gasteiger partial charge >= 0.3 is 5.69 Å². The van der Waals surface area contributed by atoms with Crippen molar-refractivity contribution in [3.8, 4) is 17.2 Å². The summed E-state index contributed by atoms with van der Waals surface area (Å²) in [4.78, 5) is 51.6. The fraction of sp³-hybridized carbons (Fsp3) is 0.143. The van der Waals surface area contributed by atoms with Crippen LogP contribution >= 0.6 is 0 Å². The number of nitrogens with zero attached hydrogens (tertiary/aromatic N) is 1. The van der Waals surface area contributed by atoms with Gasteiger partial charge in [0.05, 0.1) is 19.9 Å². The number of benzene rings is 2. The van der Waals surface area contributed by atoms with Crippen LogP contribution in [0.2, 0.25) is 0 Å². The zero-order valence-electron chi connectivity index (χ0n) is 17.0. The molecule has 0 unspecified atom stereocenters. The van der Waals surface area contributed by atoms with Crippen LogP contribution < -0.4 is 31.4 Å². The summed E-state index contributed by atoms with van der Waals surface area (Å²) < 4.78 is 11.2. The molecule has 0 aliphatic rings. The Labute approximate surface area is 176 Å². The van der Waals surface area contributed by atoms with E-state index < -0.39 is 17.2 Å². The minimum Gasteiger partial charge on any atom is -0.493 e. The maximum absolute atomic E-state index is 12.9. The van der Waals surface area contributed by atoms with E-state index in [1.807, 2.05) is 0 Å². The Morgan fingerprint density at radius 3 is 2.26 bits per heavy atom. The van der Waals surface area contributed by atoms with E-state index in [-0.39, 0.29) is 17.2 Å². The Hall–Kier alpha value is -4.34. The summed E-state index contributed by atoms with van der Waals surface area (Å²) in [6.07, 6.45) is 1.05. The van der Waals surface area contributed by atoms with Gasteiger partial charge < -0.3 is 25.1 Å². The number of carbonyl (C=O) groups is 2. The maximum Gasteiger partial charge on any atom is 0.333 e.